The molecule has 17 N–H and O–H groups in total. The van der Waals surface area contributed by atoms with E-state index in [0.717, 1.165) is 35.1 Å². The molecule has 24 nitrogen and oxygen atoms in total. The fourth-order valence-electron chi connectivity index (χ4n) is 7.91. The van der Waals surface area contributed by atoms with Crippen LogP contribution in [0.4, 0.5) is 11.6 Å². The summed E-state index contributed by atoms with van der Waals surface area (Å²) in [4.78, 5) is 55.7. The summed E-state index contributed by atoms with van der Waals surface area (Å²) in [5.41, 5.74) is 21.0. The fourth-order valence-corrected chi connectivity index (χ4v) is 8.04. The van der Waals surface area contributed by atoms with Crippen LogP contribution in [0.5, 0.6) is 0 Å². The van der Waals surface area contributed by atoms with Crippen LogP contribution in [0, 0.1) is 0 Å². The van der Waals surface area contributed by atoms with Crippen molar-refractivity contribution in [2.24, 2.45) is 10.7 Å². The Bertz CT molecular complexity index is 2150. The lowest BCUT2D eigenvalue weighted by atomic mass is 9.99. The van der Waals surface area contributed by atoms with Crippen LogP contribution < -0.4 is 22.5 Å². The first-order chi connectivity index (χ1) is 33.8. The second-order valence-electron chi connectivity index (χ2n) is 17.3. The number of rotatable bonds is 27. The number of carbonyl (C=O) groups is 3. The largest absolute Gasteiger partial charge is 0.467 e. The molecule has 3 aromatic rings. The predicted molar refractivity (Wildman–Crippen MR) is 260 cm³/mol. The Kier molecular flexibility index (Phi) is 23.6. The van der Waals surface area contributed by atoms with Crippen molar-refractivity contribution in [3.63, 3.8) is 0 Å². The molecule has 1 aromatic heterocycles. The van der Waals surface area contributed by atoms with Gasteiger partial charge in [0.1, 0.15) is 42.7 Å². The molecular weight excluding hydrogens is 952 g/mol. The summed E-state index contributed by atoms with van der Waals surface area (Å²) >= 11 is 5.84. The Balaban J connectivity index is 1.24. The van der Waals surface area contributed by atoms with Gasteiger partial charge in [-0.25, -0.2) is 14.8 Å². The number of nitrogens with zero attached hydrogens (tertiary/aromatic N) is 6. The van der Waals surface area contributed by atoms with Gasteiger partial charge in [0, 0.05) is 45.7 Å². The van der Waals surface area contributed by atoms with E-state index in [1.54, 1.807) is 0 Å². The zero-order chi connectivity index (χ0) is 52.4. The molecule has 1 aliphatic rings. The summed E-state index contributed by atoms with van der Waals surface area (Å²) in [5, 5.41) is 102. The number of aryl methyl sites for hydroxylation is 2. The van der Waals surface area contributed by atoms with Crippen molar-refractivity contribution in [1.82, 2.24) is 30.0 Å². The number of nitrogens with two attached hydrogens (primary N) is 3. The quantitative estimate of drug-likeness (QED) is 0.0151. The van der Waals surface area contributed by atoms with Crippen LogP contribution in [-0.4, -0.2) is 227 Å². The van der Waals surface area contributed by atoms with Gasteiger partial charge < -0.3 is 77.9 Å². The number of esters is 1. The van der Waals surface area contributed by atoms with Crippen LogP contribution >= 0.6 is 11.6 Å². The summed E-state index contributed by atoms with van der Waals surface area (Å²) in [6, 6.07) is 15.2. The number of unbranched alkanes of at least 4 members (excludes halogenated alkanes) is 1. The molecule has 0 aliphatic carbocycles. The molecule has 0 bridgehead atoms. The van der Waals surface area contributed by atoms with E-state index in [0.29, 0.717) is 38.9 Å². The van der Waals surface area contributed by atoms with Crippen LogP contribution in [0.3, 0.4) is 0 Å². The average Bonchev–Trinajstić information content (AvgIpc) is 3.37. The standard InChI is InChI=1S/C46H69ClN10O14/c1-71-45(70)30-21-55(17-4-18-56(22-31(60)37(65)39(67)33(62)24-58)23-32(61)38(66)40(68)34(63)25-59)19-20-57(30)35(64)15-10-27-8-13-29(14-9-27)28-11-6-26(7-12-28)5-2-3-16-51-46(50)54-44(69)36-42(48)53-43(49)41(47)52-36/h6-9,11-14,30-34,37-40,58-63,65-68H,2-5,10,15-25H2,1H3,(H4,48,49,53)(H3,50,51,54,69)/t30-,31-,32-,33+,34+,37+,38+,39+,40+/m0/s1. The lowest BCUT2D eigenvalue weighted by molar-refractivity contribution is -0.156. The molecule has 2 aromatic carbocycles. The number of amides is 2. The van der Waals surface area contributed by atoms with E-state index in [4.69, 9.17) is 43.8 Å². The molecule has 2 amide bonds. The molecule has 0 spiro atoms. The van der Waals surface area contributed by atoms with E-state index >= 15 is 0 Å². The Morgan fingerprint density at radius 2 is 1.31 bits per heavy atom. The molecule has 25 heteroatoms. The van der Waals surface area contributed by atoms with Crippen LogP contribution in [0.15, 0.2) is 53.5 Å². The lowest BCUT2D eigenvalue weighted by Crippen LogP contribution is -2.58. The van der Waals surface area contributed by atoms with Gasteiger partial charge in [-0.3, -0.25) is 29.7 Å². The van der Waals surface area contributed by atoms with Crippen molar-refractivity contribution < 1.29 is 70.2 Å². The highest BCUT2D eigenvalue weighted by Gasteiger charge is 2.37. The van der Waals surface area contributed by atoms with Crippen molar-refractivity contribution in [3.8, 4) is 11.1 Å². The molecule has 4 rings (SSSR count). The second-order valence-corrected chi connectivity index (χ2v) is 17.7. The van der Waals surface area contributed by atoms with Crippen LogP contribution in [0.2, 0.25) is 5.15 Å². The number of piperazine rings is 1. The van der Waals surface area contributed by atoms with Crippen molar-refractivity contribution in [2.75, 3.05) is 84.1 Å². The molecule has 1 fully saturated rings. The number of hydrogen-bond donors (Lipinski definition) is 14. The van der Waals surface area contributed by atoms with Crippen molar-refractivity contribution >= 4 is 47.0 Å². The molecule has 0 saturated carbocycles. The number of methoxy groups -OCH3 is 1. The second kappa shape index (κ2) is 28.7. The first kappa shape index (κ1) is 58.4. The van der Waals surface area contributed by atoms with E-state index in [1.165, 1.54) is 16.9 Å². The minimum Gasteiger partial charge on any atom is -0.467 e. The zero-order valence-corrected chi connectivity index (χ0v) is 40.3. The van der Waals surface area contributed by atoms with E-state index in [9.17, 15) is 55.2 Å². The molecule has 71 heavy (non-hydrogen) atoms. The topological polar surface area (TPSA) is 401 Å². The fraction of sp³-hybridized carbons (Fsp3) is 0.565. The van der Waals surface area contributed by atoms with Crippen molar-refractivity contribution in [3.05, 3.63) is 70.5 Å². The number of benzene rings is 2. The van der Waals surface area contributed by atoms with Gasteiger partial charge in [0.05, 0.1) is 32.5 Å². The molecule has 394 valence electrons. The molecule has 2 heterocycles. The third-order valence-corrected chi connectivity index (χ3v) is 12.4. The van der Waals surface area contributed by atoms with E-state index < -0.39 is 93.1 Å². The van der Waals surface area contributed by atoms with Crippen LogP contribution in [0.1, 0.15) is 47.3 Å². The molecule has 0 unspecified atom stereocenters. The first-order valence-electron chi connectivity index (χ1n) is 23.1. The number of guanidine groups is 1. The summed E-state index contributed by atoms with van der Waals surface area (Å²) < 4.78 is 5.06. The van der Waals surface area contributed by atoms with Crippen molar-refractivity contribution in [2.45, 2.75) is 93.4 Å². The zero-order valence-electron chi connectivity index (χ0n) is 39.5. The van der Waals surface area contributed by atoms with Crippen LogP contribution in [0.25, 0.3) is 11.1 Å². The molecule has 9 atom stereocenters. The SMILES string of the molecule is COC(=O)[C@@H]1CN(CCCN(C[C@H](O)[C@@H](O)[C@H](O)[C@H](O)CO)C[C@H](O)[C@@H](O)[C@H](O)[C@H](O)CO)CCN1C(=O)CCc1ccc(-c2ccc(CCCCN=C(N)NC(=O)c3nc(Cl)c(N)nc3N)cc2)cc1. The number of aliphatic imine (C=N–C) groups is 1. The number of aliphatic hydroxyl groups is 10. The lowest BCUT2D eigenvalue weighted by Gasteiger charge is -2.40. The number of nitrogens with one attached hydrogen (secondary N) is 1. The molecule has 1 aliphatic heterocycles. The van der Waals surface area contributed by atoms with Crippen molar-refractivity contribution in [1.29, 1.82) is 0 Å². The average molecular weight is 1020 g/mol. The number of aliphatic hydroxyl groups excluding tert-OH is 10. The number of aromatic nitrogens is 2. The van der Waals surface area contributed by atoms with Gasteiger partial charge in [-0.05, 0) is 67.4 Å². The number of carbonyl (C=O) groups excluding carboxylic acids is 3. The minimum atomic E-state index is -1.92. The highest BCUT2D eigenvalue weighted by molar-refractivity contribution is 6.31. The number of hydrogen-bond acceptors (Lipinski definition) is 21. The van der Waals surface area contributed by atoms with Gasteiger partial charge in [0.25, 0.3) is 5.91 Å². The molecule has 0 radical (unpaired) electrons. The van der Waals surface area contributed by atoms with E-state index in [2.05, 4.69) is 32.4 Å². The summed E-state index contributed by atoms with van der Waals surface area (Å²) in [7, 11) is 1.24. The Morgan fingerprint density at radius 1 is 0.775 bits per heavy atom. The van der Waals surface area contributed by atoms with E-state index in [-0.39, 0.29) is 60.4 Å². The van der Waals surface area contributed by atoms with Gasteiger partial charge in [0.2, 0.25) is 5.91 Å². The summed E-state index contributed by atoms with van der Waals surface area (Å²) in [5.74, 6) is -1.91. The number of nitrogen functional groups attached to an aromatic ring is 2. The highest BCUT2D eigenvalue weighted by Crippen LogP contribution is 2.23. The van der Waals surface area contributed by atoms with Gasteiger partial charge >= 0.3 is 5.97 Å². The summed E-state index contributed by atoms with van der Waals surface area (Å²) in [6.45, 7) is -1.03. The maximum absolute atomic E-state index is 13.6. The minimum absolute atomic E-state index is 0.0925. The van der Waals surface area contributed by atoms with Gasteiger partial charge in [-0.15, -0.1) is 0 Å². The van der Waals surface area contributed by atoms with Crippen LogP contribution in [-0.2, 0) is 27.2 Å². The highest BCUT2D eigenvalue weighted by atomic mass is 35.5. The molecule has 1 saturated heterocycles. The third kappa shape index (κ3) is 17.5. The Labute approximate surface area is 416 Å². The number of halogens is 1. The van der Waals surface area contributed by atoms with Gasteiger partial charge in [0.15, 0.2) is 28.4 Å². The maximum atomic E-state index is 13.6. The monoisotopic (exact) mass is 1020 g/mol. The van der Waals surface area contributed by atoms with Gasteiger partial charge in [-0.1, -0.05) is 60.1 Å². The normalized spacial score (nSPS) is 18.0. The maximum Gasteiger partial charge on any atom is 0.329 e. The third-order valence-electron chi connectivity index (χ3n) is 12.1. The molecular formula is C46H69ClN10O14. The smallest absolute Gasteiger partial charge is 0.329 e. The first-order valence-corrected chi connectivity index (χ1v) is 23.5. The number of ether oxygens (including phenoxy) is 1. The predicted octanol–water partition coefficient (Wildman–Crippen LogP) is -3.79. The summed E-state index contributed by atoms with van der Waals surface area (Å²) in [6.07, 6.45) is -11.4. The Hall–Kier alpha value is -5.19. The Morgan fingerprint density at radius 3 is 1.85 bits per heavy atom. The number of anilines is 2. The van der Waals surface area contributed by atoms with E-state index in [1.807, 2.05) is 41.3 Å². The van der Waals surface area contributed by atoms with Gasteiger partial charge in [-0.2, -0.15) is 0 Å².